The lowest BCUT2D eigenvalue weighted by molar-refractivity contribution is -0.128. The molecule has 1 saturated heterocycles. The molecule has 0 radical (unpaired) electrons. The van der Waals surface area contributed by atoms with Crippen molar-refractivity contribution >= 4 is 11.8 Å². The molecule has 1 N–H and O–H groups in total. The van der Waals surface area contributed by atoms with E-state index in [0.717, 1.165) is 30.6 Å². The lowest BCUT2D eigenvalue weighted by atomic mass is 10.1. The topological polar surface area (TPSA) is 52.7 Å². The first-order chi connectivity index (χ1) is 13.0. The van der Waals surface area contributed by atoms with Gasteiger partial charge in [-0.1, -0.05) is 36.4 Å². The number of rotatable bonds is 7. The van der Waals surface area contributed by atoms with Crippen LogP contribution in [-0.4, -0.2) is 42.3 Å². The van der Waals surface area contributed by atoms with Crippen LogP contribution in [0.4, 0.5) is 0 Å². The van der Waals surface area contributed by atoms with Crippen LogP contribution in [0, 0.1) is 0 Å². The number of nitrogens with one attached hydrogen (secondary N) is 1. The minimum Gasteiger partial charge on any atom is -0.348 e. The Hall–Kier alpha value is -2.66. The number of benzene rings is 2. The molecule has 0 aliphatic carbocycles. The van der Waals surface area contributed by atoms with E-state index in [-0.39, 0.29) is 11.8 Å². The number of likely N-dealkylation sites (tertiary alicyclic amines) is 1. The van der Waals surface area contributed by atoms with Gasteiger partial charge in [0.05, 0.1) is 0 Å². The number of hydrogen-bond acceptors (Lipinski definition) is 3. The molecule has 5 heteroatoms. The molecular weight excluding hydrogens is 338 g/mol. The second kappa shape index (κ2) is 8.82. The van der Waals surface area contributed by atoms with Crippen LogP contribution in [0.5, 0.6) is 0 Å². The van der Waals surface area contributed by atoms with Crippen molar-refractivity contribution in [1.82, 2.24) is 15.1 Å². The average Bonchev–Trinajstić information content (AvgIpc) is 3.05. The highest BCUT2D eigenvalue weighted by Crippen LogP contribution is 2.15. The zero-order valence-corrected chi connectivity index (χ0v) is 16.1. The van der Waals surface area contributed by atoms with Gasteiger partial charge in [-0.15, -0.1) is 0 Å². The highest BCUT2D eigenvalue weighted by atomic mass is 16.2. The van der Waals surface area contributed by atoms with Crippen molar-refractivity contribution in [2.24, 2.45) is 0 Å². The molecule has 2 aromatic carbocycles. The van der Waals surface area contributed by atoms with Gasteiger partial charge in [-0.25, -0.2) is 0 Å². The summed E-state index contributed by atoms with van der Waals surface area (Å²) in [7, 11) is 4.07. The van der Waals surface area contributed by atoms with Crippen LogP contribution in [0.25, 0.3) is 0 Å². The van der Waals surface area contributed by atoms with E-state index in [2.05, 4.69) is 22.3 Å². The molecule has 0 saturated carbocycles. The normalized spacial score (nSPS) is 14.0. The molecule has 0 bridgehead atoms. The maximum atomic E-state index is 12.5. The van der Waals surface area contributed by atoms with E-state index in [4.69, 9.17) is 0 Å². The van der Waals surface area contributed by atoms with Crippen LogP contribution in [-0.2, 0) is 24.4 Å². The highest BCUT2D eigenvalue weighted by molar-refractivity contribution is 5.94. The molecule has 0 unspecified atom stereocenters. The summed E-state index contributed by atoms with van der Waals surface area (Å²) in [5.41, 5.74) is 4.03. The van der Waals surface area contributed by atoms with Crippen molar-refractivity contribution in [3.63, 3.8) is 0 Å². The van der Waals surface area contributed by atoms with Crippen LogP contribution in [0.15, 0.2) is 48.5 Å². The largest absolute Gasteiger partial charge is 0.348 e. The van der Waals surface area contributed by atoms with E-state index >= 15 is 0 Å². The monoisotopic (exact) mass is 365 g/mol. The summed E-state index contributed by atoms with van der Waals surface area (Å²) in [4.78, 5) is 28.2. The Bertz CT molecular complexity index is 799. The van der Waals surface area contributed by atoms with E-state index in [1.165, 1.54) is 5.56 Å². The fourth-order valence-corrected chi connectivity index (χ4v) is 3.36. The molecule has 0 spiro atoms. The van der Waals surface area contributed by atoms with Crippen molar-refractivity contribution in [3.05, 3.63) is 70.8 Å². The second-order valence-corrected chi connectivity index (χ2v) is 7.30. The first kappa shape index (κ1) is 19.1. The summed E-state index contributed by atoms with van der Waals surface area (Å²) in [6, 6.07) is 15.7. The first-order valence-corrected chi connectivity index (χ1v) is 9.39. The SMILES string of the molecule is CN(C)Cc1ccccc1CNC(=O)c1ccc(CN2CCCC2=O)cc1. The minimum atomic E-state index is -0.0848. The fraction of sp³-hybridized carbons (Fsp3) is 0.364. The van der Waals surface area contributed by atoms with Gasteiger partial charge in [-0.3, -0.25) is 9.59 Å². The van der Waals surface area contributed by atoms with Crippen molar-refractivity contribution in [3.8, 4) is 0 Å². The number of nitrogens with zero attached hydrogens (tertiary/aromatic N) is 2. The van der Waals surface area contributed by atoms with E-state index < -0.39 is 0 Å². The Labute approximate surface area is 161 Å². The lowest BCUT2D eigenvalue weighted by Crippen LogP contribution is -2.25. The van der Waals surface area contributed by atoms with Crippen molar-refractivity contribution in [1.29, 1.82) is 0 Å². The van der Waals surface area contributed by atoms with Gasteiger partial charge in [0, 0.05) is 38.2 Å². The smallest absolute Gasteiger partial charge is 0.251 e. The van der Waals surface area contributed by atoms with E-state index in [1.54, 1.807) is 0 Å². The van der Waals surface area contributed by atoms with Gasteiger partial charge >= 0.3 is 0 Å². The van der Waals surface area contributed by atoms with Gasteiger partial charge in [-0.2, -0.15) is 0 Å². The zero-order valence-electron chi connectivity index (χ0n) is 16.1. The Kier molecular flexibility index (Phi) is 6.24. The third-order valence-electron chi connectivity index (χ3n) is 4.81. The Balaban J connectivity index is 1.58. The summed E-state index contributed by atoms with van der Waals surface area (Å²) in [6.45, 7) is 2.80. The zero-order chi connectivity index (χ0) is 19.2. The quantitative estimate of drug-likeness (QED) is 0.821. The molecule has 1 aliphatic heterocycles. The molecule has 0 aromatic heterocycles. The molecule has 2 amide bonds. The first-order valence-electron chi connectivity index (χ1n) is 9.39. The van der Waals surface area contributed by atoms with Crippen molar-refractivity contribution < 1.29 is 9.59 Å². The van der Waals surface area contributed by atoms with Crippen molar-refractivity contribution in [2.45, 2.75) is 32.5 Å². The van der Waals surface area contributed by atoms with Crippen LogP contribution >= 0.6 is 0 Å². The van der Waals surface area contributed by atoms with Gasteiger partial charge in [0.2, 0.25) is 5.91 Å². The third-order valence-corrected chi connectivity index (χ3v) is 4.81. The van der Waals surface area contributed by atoms with E-state index in [1.807, 2.05) is 55.4 Å². The van der Waals surface area contributed by atoms with E-state index in [9.17, 15) is 9.59 Å². The van der Waals surface area contributed by atoms with Crippen LogP contribution in [0.3, 0.4) is 0 Å². The number of carbonyl (C=O) groups is 2. The Morgan fingerprint density at radius 1 is 1.07 bits per heavy atom. The third kappa shape index (κ3) is 5.17. The van der Waals surface area contributed by atoms with Crippen LogP contribution in [0.1, 0.15) is 39.9 Å². The molecule has 142 valence electrons. The standard InChI is InChI=1S/C22H27N3O2/c1-24(2)16-20-7-4-3-6-19(20)14-23-22(27)18-11-9-17(10-12-18)15-25-13-5-8-21(25)26/h3-4,6-7,9-12H,5,8,13-16H2,1-2H3,(H,23,27). The summed E-state index contributed by atoms with van der Waals surface area (Å²) in [5, 5.41) is 3.01. The van der Waals surface area contributed by atoms with Gasteiger partial charge in [-0.05, 0) is 49.3 Å². The van der Waals surface area contributed by atoms with E-state index in [0.29, 0.717) is 25.1 Å². The Morgan fingerprint density at radius 2 is 1.78 bits per heavy atom. The molecule has 2 aromatic rings. The predicted octanol–water partition coefficient (Wildman–Crippen LogP) is 2.80. The number of hydrogen-bond donors (Lipinski definition) is 1. The fourth-order valence-electron chi connectivity index (χ4n) is 3.36. The maximum absolute atomic E-state index is 12.5. The highest BCUT2D eigenvalue weighted by Gasteiger charge is 2.20. The molecular formula is C22H27N3O2. The molecule has 1 heterocycles. The van der Waals surface area contributed by atoms with Crippen LogP contribution < -0.4 is 5.32 Å². The predicted molar refractivity (Wildman–Crippen MR) is 106 cm³/mol. The summed E-state index contributed by atoms with van der Waals surface area (Å²) in [5.74, 6) is 0.131. The number of carbonyl (C=O) groups excluding carboxylic acids is 2. The number of amides is 2. The van der Waals surface area contributed by atoms with Gasteiger partial charge in [0.25, 0.3) is 5.91 Å². The molecule has 27 heavy (non-hydrogen) atoms. The minimum absolute atomic E-state index is 0.0848. The van der Waals surface area contributed by atoms with Gasteiger partial charge in [0.15, 0.2) is 0 Å². The molecule has 0 atom stereocenters. The summed E-state index contributed by atoms with van der Waals surface area (Å²) >= 11 is 0. The molecule has 1 aliphatic rings. The maximum Gasteiger partial charge on any atom is 0.251 e. The summed E-state index contributed by atoms with van der Waals surface area (Å²) < 4.78 is 0. The Morgan fingerprint density at radius 3 is 2.41 bits per heavy atom. The van der Waals surface area contributed by atoms with Gasteiger partial charge < -0.3 is 15.1 Å². The molecule has 3 rings (SSSR count). The van der Waals surface area contributed by atoms with Gasteiger partial charge in [0.1, 0.15) is 0 Å². The lowest BCUT2D eigenvalue weighted by Gasteiger charge is -2.16. The molecule has 1 fully saturated rings. The average molecular weight is 365 g/mol. The van der Waals surface area contributed by atoms with Crippen LogP contribution in [0.2, 0.25) is 0 Å². The summed E-state index contributed by atoms with van der Waals surface area (Å²) in [6.07, 6.45) is 1.59. The van der Waals surface area contributed by atoms with Crippen molar-refractivity contribution in [2.75, 3.05) is 20.6 Å². The molecule has 5 nitrogen and oxygen atoms in total. The second-order valence-electron chi connectivity index (χ2n) is 7.30.